The molecule has 2 amide bonds. The van der Waals surface area contributed by atoms with Gasteiger partial charge in [-0.2, -0.15) is 0 Å². The van der Waals surface area contributed by atoms with Gasteiger partial charge in [0.15, 0.2) is 11.5 Å². The molecule has 0 unspecified atom stereocenters. The minimum atomic E-state index is -0.142. The second-order valence-electron chi connectivity index (χ2n) is 8.26. The number of nitrogens with zero attached hydrogens (tertiary/aromatic N) is 3. The lowest BCUT2D eigenvalue weighted by Gasteiger charge is -2.31. The van der Waals surface area contributed by atoms with Gasteiger partial charge in [0.2, 0.25) is 5.75 Å². The molecule has 10 heteroatoms. The highest BCUT2D eigenvalue weighted by Gasteiger charge is 2.30. The van der Waals surface area contributed by atoms with Crippen LogP contribution in [-0.4, -0.2) is 68.1 Å². The summed E-state index contributed by atoms with van der Waals surface area (Å²) in [6.07, 6.45) is 3.13. The highest BCUT2D eigenvalue weighted by molar-refractivity contribution is 7.09. The summed E-state index contributed by atoms with van der Waals surface area (Å²) in [6.45, 7) is 1.56. The number of hydrogen-bond donors (Lipinski definition) is 0. The van der Waals surface area contributed by atoms with Crippen molar-refractivity contribution in [2.45, 2.75) is 25.3 Å². The first kappa shape index (κ1) is 24.6. The standard InChI is InChI=1S/C25H29N3O6S/c1-27(14-17-6-5-13-34-17)25(30)19-15-35-23(26-19)16-9-11-28(12-10-16)24(29)18-7-8-20(31-2)22(33-4)21(18)32-3/h5-8,13,15-16H,9-12,14H2,1-4H3. The van der Waals surface area contributed by atoms with Crippen molar-refractivity contribution in [1.82, 2.24) is 14.8 Å². The molecule has 0 spiro atoms. The van der Waals surface area contributed by atoms with E-state index in [1.54, 1.807) is 36.4 Å². The van der Waals surface area contributed by atoms with Gasteiger partial charge in [0.05, 0.1) is 44.7 Å². The van der Waals surface area contributed by atoms with E-state index in [0.29, 0.717) is 48.1 Å². The Morgan fingerprint density at radius 1 is 1.11 bits per heavy atom. The lowest BCUT2D eigenvalue weighted by Crippen LogP contribution is -2.38. The number of carbonyl (C=O) groups is 2. The smallest absolute Gasteiger partial charge is 0.273 e. The largest absolute Gasteiger partial charge is 0.493 e. The van der Waals surface area contributed by atoms with Crippen molar-refractivity contribution < 1.29 is 28.2 Å². The number of carbonyl (C=O) groups excluding carboxylic acids is 2. The molecule has 1 aromatic carbocycles. The van der Waals surface area contributed by atoms with Crippen molar-refractivity contribution in [2.75, 3.05) is 41.5 Å². The summed E-state index contributed by atoms with van der Waals surface area (Å²) >= 11 is 1.49. The average Bonchev–Trinajstić information content (AvgIpc) is 3.59. The van der Waals surface area contributed by atoms with Crippen LogP contribution >= 0.6 is 11.3 Å². The van der Waals surface area contributed by atoms with Crippen LogP contribution in [-0.2, 0) is 6.54 Å². The quantitative estimate of drug-likeness (QED) is 0.461. The van der Waals surface area contributed by atoms with Crippen LogP contribution < -0.4 is 14.2 Å². The van der Waals surface area contributed by atoms with Crippen molar-refractivity contribution in [1.29, 1.82) is 0 Å². The van der Waals surface area contributed by atoms with E-state index in [1.807, 2.05) is 16.3 Å². The summed E-state index contributed by atoms with van der Waals surface area (Å²) < 4.78 is 21.5. The number of methoxy groups -OCH3 is 3. The molecule has 35 heavy (non-hydrogen) atoms. The number of likely N-dealkylation sites (tertiary alicyclic amines) is 1. The molecular formula is C25H29N3O6S. The van der Waals surface area contributed by atoms with Crippen molar-refractivity contribution in [3.8, 4) is 17.2 Å². The molecule has 1 fully saturated rings. The zero-order chi connectivity index (χ0) is 24.9. The molecule has 9 nitrogen and oxygen atoms in total. The zero-order valence-corrected chi connectivity index (χ0v) is 21.1. The van der Waals surface area contributed by atoms with Crippen LogP contribution in [0, 0.1) is 0 Å². The fraction of sp³-hybridized carbons (Fsp3) is 0.400. The van der Waals surface area contributed by atoms with Gasteiger partial charge in [-0.1, -0.05) is 0 Å². The zero-order valence-electron chi connectivity index (χ0n) is 20.3. The molecule has 1 aliphatic heterocycles. The number of benzene rings is 1. The van der Waals surface area contributed by atoms with Crippen LogP contribution in [0.25, 0.3) is 0 Å². The van der Waals surface area contributed by atoms with Crippen LogP contribution in [0.15, 0.2) is 40.3 Å². The summed E-state index contributed by atoms with van der Waals surface area (Å²) in [7, 11) is 6.30. The first-order chi connectivity index (χ1) is 17.0. The van der Waals surface area contributed by atoms with Gasteiger partial charge in [-0.05, 0) is 37.1 Å². The van der Waals surface area contributed by atoms with E-state index >= 15 is 0 Å². The molecule has 0 saturated carbocycles. The highest BCUT2D eigenvalue weighted by Crippen LogP contribution is 2.41. The number of hydrogen-bond acceptors (Lipinski definition) is 8. The molecule has 0 radical (unpaired) electrons. The molecule has 2 aromatic heterocycles. The molecule has 186 valence electrons. The topological polar surface area (TPSA) is 94.3 Å². The van der Waals surface area contributed by atoms with Gasteiger partial charge in [0.25, 0.3) is 11.8 Å². The number of aromatic nitrogens is 1. The molecule has 4 rings (SSSR count). The van der Waals surface area contributed by atoms with Crippen LogP contribution in [0.2, 0.25) is 0 Å². The van der Waals surface area contributed by atoms with Crippen LogP contribution in [0.5, 0.6) is 17.2 Å². The predicted molar refractivity (Wildman–Crippen MR) is 131 cm³/mol. The fourth-order valence-electron chi connectivity index (χ4n) is 4.25. The summed E-state index contributed by atoms with van der Waals surface area (Å²) in [5, 5.41) is 2.73. The van der Waals surface area contributed by atoms with Crippen LogP contribution in [0.1, 0.15) is 50.4 Å². The maximum absolute atomic E-state index is 13.3. The van der Waals surface area contributed by atoms with E-state index in [2.05, 4.69) is 4.98 Å². The minimum Gasteiger partial charge on any atom is -0.493 e. The Labute approximate surface area is 208 Å². The Kier molecular flexibility index (Phi) is 7.60. The molecule has 1 aliphatic rings. The Balaban J connectivity index is 1.39. The summed E-state index contributed by atoms with van der Waals surface area (Å²) in [5.41, 5.74) is 0.873. The summed E-state index contributed by atoms with van der Waals surface area (Å²) in [4.78, 5) is 34.1. The highest BCUT2D eigenvalue weighted by atomic mass is 32.1. The van der Waals surface area contributed by atoms with Gasteiger partial charge in [0.1, 0.15) is 11.5 Å². The molecule has 0 N–H and O–H groups in total. The maximum Gasteiger partial charge on any atom is 0.273 e. The number of piperidine rings is 1. The lowest BCUT2D eigenvalue weighted by atomic mass is 9.96. The van der Waals surface area contributed by atoms with Crippen molar-refractivity contribution in [3.63, 3.8) is 0 Å². The second-order valence-corrected chi connectivity index (χ2v) is 9.15. The molecule has 3 heterocycles. The van der Waals surface area contributed by atoms with Crippen molar-refractivity contribution in [2.24, 2.45) is 0 Å². The fourth-order valence-corrected chi connectivity index (χ4v) is 5.21. The average molecular weight is 500 g/mol. The summed E-state index contributed by atoms with van der Waals surface area (Å²) in [5.74, 6) is 1.93. The van der Waals surface area contributed by atoms with E-state index < -0.39 is 0 Å². The lowest BCUT2D eigenvalue weighted by molar-refractivity contribution is 0.0708. The molecule has 1 saturated heterocycles. The van der Waals surface area contributed by atoms with E-state index in [1.165, 1.54) is 32.7 Å². The van der Waals surface area contributed by atoms with E-state index in [0.717, 1.165) is 23.6 Å². The number of thiazole rings is 1. The summed E-state index contributed by atoms with van der Waals surface area (Å²) in [6, 6.07) is 7.04. The Morgan fingerprint density at radius 2 is 1.86 bits per heavy atom. The van der Waals surface area contributed by atoms with Gasteiger partial charge >= 0.3 is 0 Å². The number of rotatable bonds is 8. The Bertz CT molecular complexity index is 1170. The third-order valence-corrected chi connectivity index (χ3v) is 7.13. The van der Waals surface area contributed by atoms with Gasteiger partial charge in [-0.3, -0.25) is 9.59 Å². The Hall–Kier alpha value is -3.53. The third kappa shape index (κ3) is 5.12. The molecule has 0 aliphatic carbocycles. The van der Waals surface area contributed by atoms with Crippen molar-refractivity contribution >= 4 is 23.2 Å². The minimum absolute atomic E-state index is 0.115. The maximum atomic E-state index is 13.3. The Morgan fingerprint density at radius 3 is 2.49 bits per heavy atom. The van der Waals surface area contributed by atoms with E-state index in [-0.39, 0.29) is 17.7 Å². The van der Waals surface area contributed by atoms with Crippen LogP contribution in [0.3, 0.4) is 0 Å². The molecular weight excluding hydrogens is 470 g/mol. The van der Waals surface area contributed by atoms with E-state index in [4.69, 9.17) is 18.6 Å². The van der Waals surface area contributed by atoms with Gasteiger partial charge < -0.3 is 28.4 Å². The first-order valence-corrected chi connectivity index (χ1v) is 12.2. The normalized spacial score (nSPS) is 14.0. The third-order valence-electron chi connectivity index (χ3n) is 6.13. The molecule has 0 bridgehead atoms. The number of ether oxygens (including phenoxy) is 3. The molecule has 3 aromatic rings. The van der Waals surface area contributed by atoms with Crippen LogP contribution in [0.4, 0.5) is 0 Å². The van der Waals surface area contributed by atoms with Crippen molar-refractivity contribution in [3.05, 3.63) is 57.9 Å². The second kappa shape index (κ2) is 10.8. The molecule has 0 atom stereocenters. The first-order valence-electron chi connectivity index (χ1n) is 11.3. The van der Waals surface area contributed by atoms with E-state index in [9.17, 15) is 9.59 Å². The predicted octanol–water partition coefficient (Wildman–Crippen LogP) is 4.05. The number of amides is 2. The van der Waals surface area contributed by atoms with Gasteiger partial charge in [-0.15, -0.1) is 11.3 Å². The van der Waals surface area contributed by atoms with Gasteiger partial charge in [-0.25, -0.2) is 4.98 Å². The monoisotopic (exact) mass is 499 g/mol. The SMILES string of the molecule is COc1ccc(C(=O)N2CCC(c3nc(C(=O)N(C)Cc4ccco4)cs3)CC2)c(OC)c1OC. The number of furan rings is 1. The van der Waals surface area contributed by atoms with Gasteiger partial charge in [0, 0.05) is 31.4 Å².